The first-order chi connectivity index (χ1) is 16.9. The van der Waals surface area contributed by atoms with Crippen molar-refractivity contribution in [3.05, 3.63) is 64.5 Å². The van der Waals surface area contributed by atoms with Crippen LogP contribution in [0.5, 0.6) is 0 Å². The quantitative estimate of drug-likeness (QED) is 0.714. The number of rotatable bonds is 3. The minimum absolute atomic E-state index is 0.0802. The van der Waals surface area contributed by atoms with Gasteiger partial charge in [-0.25, -0.2) is 4.39 Å². The van der Waals surface area contributed by atoms with Crippen molar-refractivity contribution >= 4 is 34.7 Å². The second-order valence-corrected chi connectivity index (χ2v) is 11.4. The number of nitriles is 1. The number of fused-ring (bicyclic) bond motifs is 6. The molecule has 7 rings (SSSR count). The molecule has 3 aliphatic heterocycles. The number of benzene rings is 1. The molecule has 1 saturated carbocycles. The predicted octanol–water partition coefficient (Wildman–Crippen LogP) is 2.99. The minimum Gasteiger partial charge on any atom is -0.378 e. The Labute approximate surface area is 205 Å². The van der Waals surface area contributed by atoms with Gasteiger partial charge in [0.25, 0.3) is 0 Å². The SMILES string of the molecule is N#Cc1ccc(/C(F)=C/c2ccc3c(c2)[C@@]2(C3)N=C(N)S[C@@]3(C(=O)N4CC5CC4CO5)C[C@H]32)nc1. The van der Waals surface area contributed by atoms with Crippen LogP contribution in [0.2, 0.25) is 0 Å². The first-order valence-corrected chi connectivity index (χ1v) is 12.6. The van der Waals surface area contributed by atoms with E-state index in [1.807, 2.05) is 29.2 Å². The van der Waals surface area contributed by atoms with Crippen LogP contribution in [0.1, 0.15) is 40.8 Å². The molecule has 1 spiro atoms. The summed E-state index contributed by atoms with van der Waals surface area (Å²) in [5, 5.41) is 9.37. The van der Waals surface area contributed by atoms with Crippen LogP contribution in [0.3, 0.4) is 0 Å². The standard InChI is InChI=1S/C26H22FN5O2S/c27-20(21-4-2-15(10-28)11-30-21)6-14-1-3-16-8-25(19(16)5-14)22-9-26(22,35-24(29)31-25)23(33)32-12-18-7-17(32)13-34-18/h1-6,11,17-18,22H,7-9,12-13H2,(H2,29,31)/b20-6-/t17?,18?,22-,25+,26-/m0/s1. The molecule has 2 N–H and O–H groups in total. The van der Waals surface area contributed by atoms with Crippen molar-refractivity contribution in [1.82, 2.24) is 9.88 Å². The van der Waals surface area contributed by atoms with Crippen LogP contribution in [0.15, 0.2) is 41.5 Å². The van der Waals surface area contributed by atoms with E-state index in [2.05, 4.69) is 4.98 Å². The van der Waals surface area contributed by atoms with E-state index in [9.17, 15) is 9.18 Å². The Morgan fingerprint density at radius 3 is 2.97 bits per heavy atom. The number of nitrogens with zero attached hydrogens (tertiary/aromatic N) is 4. The Morgan fingerprint density at radius 2 is 2.26 bits per heavy atom. The molecule has 1 aromatic heterocycles. The fraction of sp³-hybridized carbons (Fsp3) is 0.385. The van der Waals surface area contributed by atoms with E-state index in [1.54, 1.807) is 6.07 Å². The summed E-state index contributed by atoms with van der Waals surface area (Å²) < 4.78 is 20.0. The van der Waals surface area contributed by atoms with E-state index < -0.39 is 16.1 Å². The number of nitrogens with two attached hydrogens (primary N) is 1. The first-order valence-electron chi connectivity index (χ1n) is 11.8. The number of halogens is 1. The Bertz CT molecular complexity index is 1390. The van der Waals surface area contributed by atoms with Gasteiger partial charge in [0.1, 0.15) is 16.6 Å². The summed E-state index contributed by atoms with van der Waals surface area (Å²) in [6.45, 7) is 1.28. The van der Waals surface area contributed by atoms with E-state index in [0.717, 1.165) is 30.4 Å². The van der Waals surface area contributed by atoms with Gasteiger partial charge in [0.2, 0.25) is 5.91 Å². The number of likely N-dealkylation sites (tertiary alicyclic amines) is 1. The van der Waals surface area contributed by atoms with Crippen molar-refractivity contribution in [1.29, 1.82) is 5.26 Å². The number of pyridine rings is 1. The molecule has 1 aromatic carbocycles. The maximum Gasteiger partial charge on any atom is 0.240 e. The van der Waals surface area contributed by atoms with E-state index in [0.29, 0.717) is 29.4 Å². The molecular weight excluding hydrogens is 465 g/mol. The van der Waals surface area contributed by atoms with Crippen molar-refractivity contribution in [2.75, 3.05) is 13.2 Å². The third kappa shape index (κ3) is 2.96. The molecule has 7 nitrogen and oxygen atoms in total. The van der Waals surface area contributed by atoms with Crippen LogP contribution in [-0.2, 0) is 21.5 Å². The smallest absolute Gasteiger partial charge is 0.240 e. The van der Waals surface area contributed by atoms with Gasteiger partial charge in [-0.05, 0) is 53.8 Å². The van der Waals surface area contributed by atoms with Crippen molar-refractivity contribution in [2.24, 2.45) is 16.6 Å². The largest absolute Gasteiger partial charge is 0.378 e. The average Bonchev–Trinajstić information content (AvgIpc) is 3.22. The summed E-state index contributed by atoms with van der Waals surface area (Å²) >= 11 is 1.42. The summed E-state index contributed by atoms with van der Waals surface area (Å²) in [5.41, 5.74) is 9.24. The molecule has 176 valence electrons. The lowest BCUT2D eigenvalue weighted by Crippen LogP contribution is -2.52. The van der Waals surface area contributed by atoms with Crippen LogP contribution in [0.25, 0.3) is 11.9 Å². The van der Waals surface area contributed by atoms with E-state index >= 15 is 0 Å². The lowest BCUT2D eigenvalue weighted by molar-refractivity contribution is -0.136. The molecular formula is C26H22FN5O2S. The third-order valence-electron chi connectivity index (χ3n) is 8.10. The topological polar surface area (TPSA) is 105 Å². The third-order valence-corrected chi connectivity index (χ3v) is 9.39. The van der Waals surface area contributed by atoms with E-state index in [1.165, 1.54) is 30.1 Å². The molecule has 0 radical (unpaired) electrons. The van der Waals surface area contributed by atoms with Gasteiger partial charge in [-0.3, -0.25) is 14.8 Å². The number of ether oxygens (including phenoxy) is 1. The zero-order valence-corrected chi connectivity index (χ0v) is 19.6. The Hall–Kier alpha value is -3.22. The van der Waals surface area contributed by atoms with Crippen LogP contribution in [0, 0.1) is 17.2 Å². The van der Waals surface area contributed by atoms with Gasteiger partial charge in [0, 0.05) is 25.1 Å². The highest BCUT2D eigenvalue weighted by Gasteiger charge is 2.74. The molecule has 9 heteroatoms. The first kappa shape index (κ1) is 21.1. The monoisotopic (exact) mass is 487 g/mol. The molecule has 2 aromatic rings. The summed E-state index contributed by atoms with van der Waals surface area (Å²) in [6.07, 6.45) is 5.36. The summed E-state index contributed by atoms with van der Waals surface area (Å²) in [5.74, 6) is -0.230. The van der Waals surface area contributed by atoms with Crippen molar-refractivity contribution in [2.45, 2.75) is 41.7 Å². The molecule has 1 amide bonds. The molecule has 2 saturated heterocycles. The number of hydrogen-bond donors (Lipinski definition) is 1. The van der Waals surface area contributed by atoms with Gasteiger partial charge in [0.05, 0.1) is 35.5 Å². The number of carbonyl (C=O) groups excluding carboxylic acids is 1. The zero-order chi connectivity index (χ0) is 23.9. The van der Waals surface area contributed by atoms with Gasteiger partial charge in [-0.1, -0.05) is 23.9 Å². The lowest BCUT2D eigenvalue weighted by Gasteiger charge is -2.45. The van der Waals surface area contributed by atoms with Gasteiger partial charge >= 0.3 is 0 Å². The molecule has 5 atom stereocenters. The summed E-state index contributed by atoms with van der Waals surface area (Å²) in [4.78, 5) is 24.6. The highest BCUT2D eigenvalue weighted by molar-refractivity contribution is 8.15. The van der Waals surface area contributed by atoms with Crippen molar-refractivity contribution < 1.29 is 13.9 Å². The number of aliphatic imine (C=N–C) groups is 1. The number of thioether (sulfide) groups is 1. The summed E-state index contributed by atoms with van der Waals surface area (Å²) in [6, 6.07) is 11.0. The highest BCUT2D eigenvalue weighted by Crippen LogP contribution is 2.70. The number of morpholine rings is 1. The van der Waals surface area contributed by atoms with Gasteiger partial charge < -0.3 is 15.4 Å². The van der Waals surface area contributed by atoms with Gasteiger partial charge in [0.15, 0.2) is 5.17 Å². The Balaban J connectivity index is 1.19. The molecule has 2 unspecified atom stereocenters. The molecule has 3 fully saturated rings. The zero-order valence-electron chi connectivity index (χ0n) is 18.8. The second-order valence-electron chi connectivity index (χ2n) is 10.1. The van der Waals surface area contributed by atoms with Crippen LogP contribution in [-0.4, -0.2) is 51.0 Å². The molecule has 4 heterocycles. The molecule has 5 aliphatic rings. The van der Waals surface area contributed by atoms with Gasteiger partial charge in [-0.15, -0.1) is 0 Å². The number of amides is 1. The molecule has 35 heavy (non-hydrogen) atoms. The van der Waals surface area contributed by atoms with Crippen LogP contribution < -0.4 is 5.73 Å². The number of aromatic nitrogens is 1. The second kappa shape index (κ2) is 7.15. The van der Waals surface area contributed by atoms with Crippen molar-refractivity contribution in [3.63, 3.8) is 0 Å². The lowest BCUT2D eigenvalue weighted by atomic mass is 9.66. The number of hydrogen-bond acceptors (Lipinski definition) is 7. The predicted molar refractivity (Wildman–Crippen MR) is 130 cm³/mol. The molecule has 2 aliphatic carbocycles. The maximum atomic E-state index is 14.9. The maximum absolute atomic E-state index is 14.9. The minimum atomic E-state index is -0.558. The fourth-order valence-corrected chi connectivity index (χ4v) is 7.69. The van der Waals surface area contributed by atoms with Crippen LogP contribution >= 0.6 is 11.8 Å². The Morgan fingerprint density at radius 1 is 1.37 bits per heavy atom. The normalized spacial score (nSPS) is 34.1. The van der Waals surface area contributed by atoms with E-state index in [4.69, 9.17) is 20.7 Å². The van der Waals surface area contributed by atoms with Crippen molar-refractivity contribution in [3.8, 4) is 6.07 Å². The van der Waals surface area contributed by atoms with Crippen LogP contribution in [0.4, 0.5) is 4.39 Å². The number of carbonyl (C=O) groups is 1. The van der Waals surface area contributed by atoms with Gasteiger partial charge in [-0.2, -0.15) is 5.26 Å². The highest BCUT2D eigenvalue weighted by atomic mass is 32.2. The summed E-state index contributed by atoms with van der Waals surface area (Å²) in [7, 11) is 0. The average molecular weight is 488 g/mol. The number of amidine groups is 1. The Kier molecular flexibility index (Phi) is 4.31. The molecule has 2 bridgehead atoms. The fourth-order valence-electron chi connectivity index (χ4n) is 6.32. The van der Waals surface area contributed by atoms with E-state index in [-0.39, 0.29) is 29.7 Å².